The number of rotatable bonds is 4. The standard InChI is InChI=1S/C15H20N2O2/c1-15(2,16)9-12-10-5-6-13(18-3)14(19-4)11(10)7-8-17-12/h5-8H,9,16H2,1-4H3. The van der Waals surface area contributed by atoms with Gasteiger partial charge in [0.1, 0.15) is 0 Å². The van der Waals surface area contributed by atoms with Crippen LogP contribution in [0.4, 0.5) is 0 Å². The molecule has 0 unspecified atom stereocenters. The summed E-state index contributed by atoms with van der Waals surface area (Å²) in [6, 6.07) is 5.84. The van der Waals surface area contributed by atoms with Crippen molar-refractivity contribution in [1.29, 1.82) is 0 Å². The number of hydrogen-bond acceptors (Lipinski definition) is 4. The van der Waals surface area contributed by atoms with Crippen LogP contribution >= 0.6 is 0 Å². The van der Waals surface area contributed by atoms with Crippen LogP contribution in [0.15, 0.2) is 24.4 Å². The Hall–Kier alpha value is -1.81. The number of pyridine rings is 1. The molecule has 1 heterocycles. The molecule has 0 spiro atoms. The number of fused-ring (bicyclic) bond motifs is 1. The molecular formula is C15H20N2O2. The van der Waals surface area contributed by atoms with E-state index < -0.39 is 0 Å². The quantitative estimate of drug-likeness (QED) is 0.917. The van der Waals surface area contributed by atoms with Crippen LogP contribution in [0.3, 0.4) is 0 Å². The first-order valence-electron chi connectivity index (χ1n) is 6.24. The smallest absolute Gasteiger partial charge is 0.168 e. The van der Waals surface area contributed by atoms with Gasteiger partial charge in [-0.25, -0.2) is 0 Å². The van der Waals surface area contributed by atoms with Gasteiger partial charge in [-0.3, -0.25) is 4.98 Å². The molecule has 1 aromatic heterocycles. The number of methoxy groups -OCH3 is 2. The molecule has 0 fully saturated rings. The van der Waals surface area contributed by atoms with E-state index in [0.29, 0.717) is 6.42 Å². The summed E-state index contributed by atoms with van der Waals surface area (Å²) in [5.41, 5.74) is 6.77. The van der Waals surface area contributed by atoms with E-state index in [1.54, 1.807) is 20.4 Å². The van der Waals surface area contributed by atoms with E-state index >= 15 is 0 Å². The molecule has 0 saturated carbocycles. The highest BCUT2D eigenvalue weighted by Gasteiger charge is 2.17. The lowest BCUT2D eigenvalue weighted by molar-refractivity contribution is 0.358. The van der Waals surface area contributed by atoms with Crippen molar-refractivity contribution in [2.45, 2.75) is 25.8 Å². The normalized spacial score (nSPS) is 11.6. The molecule has 0 atom stereocenters. The summed E-state index contributed by atoms with van der Waals surface area (Å²) < 4.78 is 10.8. The Balaban J connectivity index is 2.64. The van der Waals surface area contributed by atoms with Gasteiger partial charge in [-0.05, 0) is 32.0 Å². The number of aromatic nitrogens is 1. The molecular weight excluding hydrogens is 240 g/mol. The van der Waals surface area contributed by atoms with Gasteiger partial charge in [0.25, 0.3) is 0 Å². The minimum Gasteiger partial charge on any atom is -0.493 e. The zero-order valence-corrected chi connectivity index (χ0v) is 11.9. The Labute approximate surface area is 113 Å². The van der Waals surface area contributed by atoms with E-state index in [2.05, 4.69) is 4.98 Å². The first kappa shape index (κ1) is 13.6. The van der Waals surface area contributed by atoms with Crippen LogP contribution in [0.1, 0.15) is 19.5 Å². The van der Waals surface area contributed by atoms with Crippen LogP contribution in [0.25, 0.3) is 10.8 Å². The highest BCUT2D eigenvalue weighted by molar-refractivity contribution is 5.92. The monoisotopic (exact) mass is 260 g/mol. The Morgan fingerprint density at radius 2 is 1.84 bits per heavy atom. The van der Waals surface area contributed by atoms with Crippen LogP contribution in [-0.4, -0.2) is 24.7 Å². The lowest BCUT2D eigenvalue weighted by Crippen LogP contribution is -2.34. The summed E-state index contributed by atoms with van der Waals surface area (Å²) in [7, 11) is 3.28. The predicted octanol–water partition coefficient (Wildman–Crippen LogP) is 2.53. The van der Waals surface area contributed by atoms with Crippen LogP contribution < -0.4 is 15.2 Å². The van der Waals surface area contributed by atoms with Crippen molar-refractivity contribution < 1.29 is 9.47 Å². The third kappa shape index (κ3) is 2.79. The average Bonchev–Trinajstić information content (AvgIpc) is 2.35. The molecule has 19 heavy (non-hydrogen) atoms. The maximum Gasteiger partial charge on any atom is 0.168 e. The van der Waals surface area contributed by atoms with Gasteiger partial charge in [0.2, 0.25) is 0 Å². The second-order valence-corrected chi connectivity index (χ2v) is 5.32. The van der Waals surface area contributed by atoms with Crippen LogP contribution in [-0.2, 0) is 6.42 Å². The molecule has 2 rings (SSSR count). The molecule has 4 nitrogen and oxygen atoms in total. The molecule has 102 valence electrons. The van der Waals surface area contributed by atoms with E-state index in [0.717, 1.165) is 28.0 Å². The van der Waals surface area contributed by atoms with Crippen molar-refractivity contribution in [1.82, 2.24) is 4.98 Å². The lowest BCUT2D eigenvalue weighted by Gasteiger charge is -2.19. The Kier molecular flexibility index (Phi) is 3.62. The van der Waals surface area contributed by atoms with Crippen LogP contribution in [0.2, 0.25) is 0 Å². The van der Waals surface area contributed by atoms with E-state index in [9.17, 15) is 0 Å². The number of nitrogens with zero attached hydrogens (tertiary/aromatic N) is 1. The van der Waals surface area contributed by atoms with Gasteiger partial charge in [0.15, 0.2) is 11.5 Å². The Morgan fingerprint density at radius 3 is 2.42 bits per heavy atom. The van der Waals surface area contributed by atoms with Gasteiger partial charge in [0.05, 0.1) is 19.9 Å². The zero-order valence-electron chi connectivity index (χ0n) is 11.9. The van der Waals surface area contributed by atoms with Gasteiger partial charge in [-0.2, -0.15) is 0 Å². The molecule has 1 aromatic carbocycles. The molecule has 2 N–H and O–H groups in total. The fourth-order valence-corrected chi connectivity index (χ4v) is 2.21. The minimum absolute atomic E-state index is 0.297. The maximum atomic E-state index is 6.09. The second-order valence-electron chi connectivity index (χ2n) is 5.32. The SMILES string of the molecule is COc1ccc2c(CC(C)(C)N)nccc2c1OC. The summed E-state index contributed by atoms with van der Waals surface area (Å²) in [5.74, 6) is 1.46. The topological polar surface area (TPSA) is 57.4 Å². The first-order chi connectivity index (χ1) is 8.96. The third-order valence-electron chi connectivity index (χ3n) is 2.99. The van der Waals surface area contributed by atoms with Crippen molar-refractivity contribution in [3.8, 4) is 11.5 Å². The molecule has 0 aliphatic carbocycles. The van der Waals surface area contributed by atoms with Crippen LogP contribution in [0.5, 0.6) is 11.5 Å². The summed E-state index contributed by atoms with van der Waals surface area (Å²) in [5, 5.41) is 2.05. The predicted molar refractivity (Wildman–Crippen MR) is 76.8 cm³/mol. The highest BCUT2D eigenvalue weighted by Crippen LogP contribution is 2.36. The molecule has 0 amide bonds. The third-order valence-corrected chi connectivity index (χ3v) is 2.99. The number of nitrogens with two attached hydrogens (primary N) is 1. The minimum atomic E-state index is -0.297. The van der Waals surface area contributed by atoms with Gasteiger partial charge in [-0.15, -0.1) is 0 Å². The average molecular weight is 260 g/mol. The van der Waals surface area contributed by atoms with Crippen LogP contribution in [0, 0.1) is 0 Å². The molecule has 0 saturated heterocycles. The molecule has 4 heteroatoms. The van der Waals surface area contributed by atoms with Gasteiger partial charge < -0.3 is 15.2 Å². The van der Waals surface area contributed by atoms with E-state index in [4.69, 9.17) is 15.2 Å². The maximum absolute atomic E-state index is 6.09. The van der Waals surface area contributed by atoms with Crippen molar-refractivity contribution in [3.05, 3.63) is 30.1 Å². The molecule has 0 aliphatic rings. The summed E-state index contributed by atoms with van der Waals surface area (Å²) in [4.78, 5) is 4.45. The summed E-state index contributed by atoms with van der Waals surface area (Å²) >= 11 is 0. The first-order valence-corrected chi connectivity index (χ1v) is 6.24. The van der Waals surface area contributed by atoms with Crippen molar-refractivity contribution in [3.63, 3.8) is 0 Å². The fraction of sp³-hybridized carbons (Fsp3) is 0.400. The summed E-state index contributed by atoms with van der Waals surface area (Å²) in [6.45, 7) is 3.99. The van der Waals surface area contributed by atoms with Gasteiger partial charge in [-0.1, -0.05) is 0 Å². The Bertz CT molecular complexity index is 588. The number of hydrogen-bond donors (Lipinski definition) is 1. The molecule has 2 aromatic rings. The summed E-state index contributed by atoms with van der Waals surface area (Å²) in [6.07, 6.45) is 2.49. The van der Waals surface area contributed by atoms with Gasteiger partial charge in [0, 0.05) is 28.9 Å². The Morgan fingerprint density at radius 1 is 1.11 bits per heavy atom. The van der Waals surface area contributed by atoms with Gasteiger partial charge >= 0.3 is 0 Å². The largest absolute Gasteiger partial charge is 0.493 e. The zero-order chi connectivity index (χ0) is 14.0. The fourth-order valence-electron chi connectivity index (χ4n) is 2.21. The second kappa shape index (κ2) is 5.05. The molecule has 0 radical (unpaired) electrons. The highest BCUT2D eigenvalue weighted by atomic mass is 16.5. The molecule has 0 aliphatic heterocycles. The van der Waals surface area contributed by atoms with Crippen molar-refractivity contribution in [2.24, 2.45) is 5.73 Å². The van der Waals surface area contributed by atoms with Crippen molar-refractivity contribution in [2.75, 3.05) is 14.2 Å². The van der Waals surface area contributed by atoms with E-state index in [-0.39, 0.29) is 5.54 Å². The lowest BCUT2D eigenvalue weighted by atomic mass is 9.96. The number of ether oxygens (including phenoxy) is 2. The van der Waals surface area contributed by atoms with Crippen molar-refractivity contribution >= 4 is 10.8 Å². The van der Waals surface area contributed by atoms with E-state index in [1.807, 2.05) is 32.0 Å². The van der Waals surface area contributed by atoms with E-state index in [1.165, 1.54) is 0 Å². The molecule has 0 bridgehead atoms. The number of benzene rings is 1.